The normalized spacial score (nSPS) is 12.9. The van der Waals surface area contributed by atoms with Crippen LogP contribution in [0.25, 0.3) is 16.9 Å². The Hall–Kier alpha value is -4.26. The Morgan fingerprint density at radius 3 is 2.34 bits per heavy atom. The largest absolute Gasteiger partial charge is 0.329 e. The molecule has 1 fully saturated rings. The first kappa shape index (κ1) is 25.4. The molecule has 194 valence electrons. The summed E-state index contributed by atoms with van der Waals surface area (Å²) in [6, 6.07) is 23.8. The molecule has 0 aliphatic heterocycles. The Morgan fingerprint density at radius 2 is 1.68 bits per heavy atom. The molecule has 1 aliphatic rings. The van der Waals surface area contributed by atoms with Gasteiger partial charge in [-0.15, -0.1) is 0 Å². The van der Waals surface area contributed by atoms with Crippen LogP contribution in [0.4, 0.5) is 10.3 Å². The molecule has 1 aromatic heterocycles. The van der Waals surface area contributed by atoms with E-state index in [2.05, 4.69) is 31.3 Å². The molecule has 0 saturated heterocycles. The number of anilines is 1. The molecule has 0 radical (unpaired) electrons. The second kappa shape index (κ2) is 11.0. The van der Waals surface area contributed by atoms with Crippen LogP contribution in [-0.4, -0.2) is 39.4 Å². The van der Waals surface area contributed by atoms with Crippen molar-refractivity contribution in [2.45, 2.75) is 32.6 Å². The lowest BCUT2D eigenvalue weighted by Gasteiger charge is -2.22. The summed E-state index contributed by atoms with van der Waals surface area (Å²) >= 11 is 0. The quantitative estimate of drug-likeness (QED) is 0.288. The van der Waals surface area contributed by atoms with Crippen molar-refractivity contribution in [3.05, 3.63) is 102 Å². The minimum atomic E-state index is -0.591. The first-order valence-electron chi connectivity index (χ1n) is 13.0. The lowest BCUT2D eigenvalue weighted by atomic mass is 10.0. The summed E-state index contributed by atoms with van der Waals surface area (Å²) in [4.78, 5) is 32.6. The van der Waals surface area contributed by atoms with Gasteiger partial charge in [0.2, 0.25) is 11.9 Å². The number of imidazole rings is 1. The van der Waals surface area contributed by atoms with Gasteiger partial charge in [0.15, 0.2) is 0 Å². The summed E-state index contributed by atoms with van der Waals surface area (Å²) in [5.41, 5.74) is 3.68. The lowest BCUT2D eigenvalue weighted by Crippen LogP contribution is -2.40. The van der Waals surface area contributed by atoms with Gasteiger partial charge in [0.1, 0.15) is 12.4 Å². The SMILES string of the molecule is CC(C)c1ccc(-n2cc(-c3ccccc3)nc2NC(=O)CN(CC2CC2)C(=O)c2ccccc2F)cc1. The van der Waals surface area contributed by atoms with E-state index >= 15 is 0 Å². The minimum Gasteiger partial charge on any atom is -0.329 e. The van der Waals surface area contributed by atoms with E-state index < -0.39 is 11.7 Å². The predicted molar refractivity (Wildman–Crippen MR) is 147 cm³/mol. The fourth-order valence-corrected chi connectivity index (χ4v) is 4.41. The summed E-state index contributed by atoms with van der Waals surface area (Å²) in [7, 11) is 0. The maximum absolute atomic E-state index is 14.4. The molecule has 0 unspecified atom stereocenters. The third kappa shape index (κ3) is 5.83. The molecule has 1 N–H and O–H groups in total. The van der Waals surface area contributed by atoms with E-state index in [1.165, 1.54) is 22.6 Å². The zero-order valence-corrected chi connectivity index (χ0v) is 21.6. The van der Waals surface area contributed by atoms with Gasteiger partial charge < -0.3 is 4.90 Å². The number of amides is 2. The number of halogens is 1. The smallest absolute Gasteiger partial charge is 0.257 e. The number of aromatic nitrogens is 2. The molecule has 1 aliphatic carbocycles. The topological polar surface area (TPSA) is 67.2 Å². The molecule has 6 nitrogen and oxygen atoms in total. The minimum absolute atomic E-state index is 0.0287. The summed E-state index contributed by atoms with van der Waals surface area (Å²) in [5, 5.41) is 2.91. The van der Waals surface area contributed by atoms with Gasteiger partial charge in [0, 0.05) is 24.0 Å². The Balaban J connectivity index is 1.42. The molecule has 0 bridgehead atoms. The van der Waals surface area contributed by atoms with Gasteiger partial charge >= 0.3 is 0 Å². The fraction of sp³-hybridized carbons (Fsp3) is 0.258. The van der Waals surface area contributed by atoms with Crippen LogP contribution in [0.15, 0.2) is 85.1 Å². The van der Waals surface area contributed by atoms with Crippen LogP contribution in [0, 0.1) is 11.7 Å². The number of nitrogens with zero attached hydrogens (tertiary/aromatic N) is 3. The highest BCUT2D eigenvalue weighted by molar-refractivity contribution is 5.99. The van der Waals surface area contributed by atoms with Crippen molar-refractivity contribution in [2.24, 2.45) is 5.92 Å². The van der Waals surface area contributed by atoms with Crippen LogP contribution >= 0.6 is 0 Å². The van der Waals surface area contributed by atoms with Gasteiger partial charge in [-0.3, -0.25) is 19.5 Å². The van der Waals surface area contributed by atoms with Crippen molar-refractivity contribution >= 4 is 17.8 Å². The zero-order valence-electron chi connectivity index (χ0n) is 21.6. The van der Waals surface area contributed by atoms with E-state index in [1.807, 2.05) is 53.2 Å². The summed E-state index contributed by atoms with van der Waals surface area (Å²) in [6.07, 6.45) is 3.89. The van der Waals surface area contributed by atoms with Crippen molar-refractivity contribution < 1.29 is 14.0 Å². The monoisotopic (exact) mass is 510 g/mol. The third-order valence-electron chi connectivity index (χ3n) is 6.77. The zero-order chi connectivity index (χ0) is 26.6. The van der Waals surface area contributed by atoms with Crippen molar-refractivity contribution in [3.63, 3.8) is 0 Å². The number of carbonyl (C=O) groups excluding carboxylic acids is 2. The lowest BCUT2D eigenvalue weighted by molar-refractivity contribution is -0.117. The van der Waals surface area contributed by atoms with Gasteiger partial charge in [-0.1, -0.05) is 68.4 Å². The van der Waals surface area contributed by atoms with E-state index in [-0.39, 0.29) is 18.0 Å². The highest BCUT2D eigenvalue weighted by Crippen LogP contribution is 2.30. The van der Waals surface area contributed by atoms with Crippen LogP contribution in [0.2, 0.25) is 0 Å². The fourth-order valence-electron chi connectivity index (χ4n) is 4.41. The second-order valence-corrected chi connectivity index (χ2v) is 10.1. The molecule has 4 aromatic rings. The first-order valence-corrected chi connectivity index (χ1v) is 13.0. The van der Waals surface area contributed by atoms with E-state index in [0.717, 1.165) is 24.1 Å². The highest BCUT2D eigenvalue weighted by atomic mass is 19.1. The Kier molecular flexibility index (Phi) is 7.36. The van der Waals surface area contributed by atoms with E-state index in [9.17, 15) is 14.0 Å². The van der Waals surface area contributed by atoms with Crippen molar-refractivity contribution in [2.75, 3.05) is 18.4 Å². The molecular weight excluding hydrogens is 479 g/mol. The molecule has 5 rings (SSSR count). The maximum Gasteiger partial charge on any atom is 0.257 e. The van der Waals surface area contributed by atoms with Crippen LogP contribution in [0.3, 0.4) is 0 Å². The van der Waals surface area contributed by atoms with Crippen LogP contribution in [-0.2, 0) is 4.79 Å². The molecule has 1 saturated carbocycles. The van der Waals surface area contributed by atoms with E-state index in [4.69, 9.17) is 4.98 Å². The molecule has 2 amide bonds. The van der Waals surface area contributed by atoms with Crippen molar-refractivity contribution in [1.82, 2.24) is 14.5 Å². The molecule has 1 heterocycles. The van der Waals surface area contributed by atoms with Crippen LogP contribution in [0.5, 0.6) is 0 Å². The standard InChI is InChI=1S/C31H31FN4O2/c1-21(2)23-14-16-25(17-15-23)36-19-28(24-8-4-3-5-9-24)33-31(36)34-29(37)20-35(18-22-12-13-22)30(38)26-10-6-7-11-27(26)32/h3-11,14-17,19,21-22H,12-13,18,20H2,1-2H3,(H,33,34,37). The van der Waals surface area contributed by atoms with Crippen molar-refractivity contribution in [1.29, 1.82) is 0 Å². The molecule has 3 aromatic carbocycles. The Labute approximate surface area is 222 Å². The van der Waals surface area contributed by atoms with Crippen LogP contribution < -0.4 is 5.32 Å². The van der Waals surface area contributed by atoms with E-state index in [0.29, 0.717) is 30.0 Å². The molecule has 38 heavy (non-hydrogen) atoms. The van der Waals surface area contributed by atoms with Crippen molar-refractivity contribution in [3.8, 4) is 16.9 Å². The molecule has 0 spiro atoms. The Bertz CT molecular complexity index is 1430. The van der Waals surface area contributed by atoms with Crippen LogP contribution in [0.1, 0.15) is 48.5 Å². The van der Waals surface area contributed by atoms with Gasteiger partial charge in [-0.2, -0.15) is 0 Å². The second-order valence-electron chi connectivity index (χ2n) is 10.1. The molecule has 0 atom stereocenters. The number of carbonyl (C=O) groups is 2. The molecular formula is C31H31FN4O2. The Morgan fingerprint density at radius 1 is 1.00 bits per heavy atom. The summed E-state index contributed by atoms with van der Waals surface area (Å²) in [5.74, 6) is -0.370. The third-order valence-corrected chi connectivity index (χ3v) is 6.77. The molecule has 7 heteroatoms. The number of hydrogen-bond donors (Lipinski definition) is 1. The van der Waals surface area contributed by atoms with Gasteiger partial charge in [-0.05, 0) is 54.5 Å². The average molecular weight is 511 g/mol. The highest BCUT2D eigenvalue weighted by Gasteiger charge is 2.30. The maximum atomic E-state index is 14.4. The summed E-state index contributed by atoms with van der Waals surface area (Å²) < 4.78 is 16.2. The van der Waals surface area contributed by atoms with E-state index in [1.54, 1.807) is 12.1 Å². The first-order chi connectivity index (χ1) is 18.4. The van der Waals surface area contributed by atoms with Gasteiger partial charge in [0.05, 0.1) is 11.3 Å². The van der Waals surface area contributed by atoms with Gasteiger partial charge in [0.25, 0.3) is 5.91 Å². The predicted octanol–water partition coefficient (Wildman–Crippen LogP) is 6.29. The average Bonchev–Trinajstić information content (AvgIpc) is 3.65. The number of rotatable bonds is 9. The summed E-state index contributed by atoms with van der Waals surface area (Å²) in [6.45, 7) is 4.51. The number of nitrogens with one attached hydrogen (secondary N) is 1. The number of hydrogen-bond acceptors (Lipinski definition) is 3. The van der Waals surface area contributed by atoms with Gasteiger partial charge in [-0.25, -0.2) is 9.37 Å². The number of benzene rings is 3.